The molecule has 1 aromatic heterocycles. The first-order valence-electron chi connectivity index (χ1n) is 4.99. The zero-order valence-corrected chi connectivity index (χ0v) is 9.15. The number of hydrogen-bond acceptors (Lipinski definition) is 2. The van der Waals surface area contributed by atoms with Gasteiger partial charge in [0.15, 0.2) is 5.60 Å². The summed E-state index contributed by atoms with van der Waals surface area (Å²) in [6.45, 7) is 3.06. The Kier molecular flexibility index (Phi) is 2.34. The van der Waals surface area contributed by atoms with Gasteiger partial charge in [0.05, 0.1) is 0 Å². The Bertz CT molecular complexity index is 528. The van der Waals surface area contributed by atoms with Crippen molar-refractivity contribution in [1.29, 1.82) is 0 Å². The van der Waals surface area contributed by atoms with Crippen LogP contribution in [0.4, 0.5) is 0 Å². The van der Waals surface area contributed by atoms with Crippen LogP contribution < -0.4 is 4.74 Å². The van der Waals surface area contributed by atoms with E-state index in [1.165, 1.54) is 13.8 Å². The summed E-state index contributed by atoms with van der Waals surface area (Å²) in [6.07, 6.45) is 1.80. The van der Waals surface area contributed by atoms with E-state index in [0.29, 0.717) is 5.75 Å². The maximum absolute atomic E-state index is 11.0. The number of nitrogens with one attached hydrogen (secondary N) is 1. The van der Waals surface area contributed by atoms with Crippen LogP contribution in [-0.4, -0.2) is 21.7 Å². The Labute approximate surface area is 92.9 Å². The Balaban J connectivity index is 2.41. The lowest BCUT2D eigenvalue weighted by atomic mass is 10.1. The summed E-state index contributed by atoms with van der Waals surface area (Å²) in [4.78, 5) is 14.0. The molecule has 0 spiro atoms. The summed E-state index contributed by atoms with van der Waals surface area (Å²) < 4.78 is 5.52. The van der Waals surface area contributed by atoms with Gasteiger partial charge in [-0.3, -0.25) is 0 Å². The molecule has 0 fully saturated rings. The number of fused-ring (bicyclic) bond motifs is 1. The summed E-state index contributed by atoms with van der Waals surface area (Å²) in [5.41, 5.74) is -0.301. The van der Waals surface area contributed by atoms with Gasteiger partial charge >= 0.3 is 5.97 Å². The molecule has 2 rings (SSSR count). The van der Waals surface area contributed by atoms with Crippen molar-refractivity contribution < 1.29 is 14.6 Å². The number of carboxylic acid groups (broad SMARTS) is 1. The van der Waals surface area contributed by atoms with Crippen molar-refractivity contribution >= 4 is 16.9 Å². The van der Waals surface area contributed by atoms with Crippen molar-refractivity contribution in [2.24, 2.45) is 0 Å². The van der Waals surface area contributed by atoms with Crippen LogP contribution in [0.5, 0.6) is 5.75 Å². The number of hydrogen-bond donors (Lipinski definition) is 2. The Hall–Kier alpha value is -1.97. The number of aromatic amines is 1. The van der Waals surface area contributed by atoms with Crippen LogP contribution in [0.1, 0.15) is 13.8 Å². The monoisotopic (exact) mass is 219 g/mol. The van der Waals surface area contributed by atoms with E-state index < -0.39 is 11.6 Å². The third-order valence-corrected chi connectivity index (χ3v) is 2.44. The largest absolute Gasteiger partial charge is 0.478 e. The summed E-state index contributed by atoms with van der Waals surface area (Å²) in [7, 11) is 0. The normalized spacial score (nSPS) is 11.6. The molecule has 1 aromatic carbocycles. The molecular weight excluding hydrogens is 206 g/mol. The number of carboxylic acids is 1. The maximum atomic E-state index is 11.0. The molecule has 0 bridgehead atoms. The first-order valence-corrected chi connectivity index (χ1v) is 4.99. The lowest BCUT2D eigenvalue weighted by Gasteiger charge is -2.21. The molecule has 16 heavy (non-hydrogen) atoms. The fraction of sp³-hybridized carbons (Fsp3) is 0.250. The van der Waals surface area contributed by atoms with Crippen LogP contribution in [0.25, 0.3) is 10.9 Å². The molecule has 0 unspecified atom stereocenters. The molecule has 0 aliphatic rings. The molecule has 4 heteroatoms. The molecule has 0 saturated carbocycles. The number of rotatable bonds is 3. The van der Waals surface area contributed by atoms with Gasteiger partial charge in [0, 0.05) is 17.1 Å². The molecule has 84 valence electrons. The Morgan fingerprint density at radius 3 is 2.81 bits per heavy atom. The van der Waals surface area contributed by atoms with Gasteiger partial charge in [-0.2, -0.15) is 0 Å². The minimum absolute atomic E-state index is 0.575. The molecule has 1 heterocycles. The molecule has 0 aliphatic heterocycles. The fourth-order valence-corrected chi connectivity index (χ4v) is 1.46. The van der Waals surface area contributed by atoms with Gasteiger partial charge in [-0.05, 0) is 32.0 Å². The summed E-state index contributed by atoms with van der Waals surface area (Å²) >= 11 is 0. The summed E-state index contributed by atoms with van der Waals surface area (Å²) in [6, 6.07) is 7.37. The molecule has 0 amide bonds. The van der Waals surface area contributed by atoms with Gasteiger partial charge in [-0.1, -0.05) is 6.07 Å². The second-order valence-corrected chi connectivity index (χ2v) is 4.11. The van der Waals surface area contributed by atoms with Gasteiger partial charge in [0.1, 0.15) is 5.75 Å². The van der Waals surface area contributed by atoms with Gasteiger partial charge < -0.3 is 14.8 Å². The Morgan fingerprint density at radius 1 is 1.38 bits per heavy atom. The van der Waals surface area contributed by atoms with Crippen molar-refractivity contribution in [3.63, 3.8) is 0 Å². The zero-order valence-electron chi connectivity index (χ0n) is 9.15. The van der Waals surface area contributed by atoms with Crippen molar-refractivity contribution in [1.82, 2.24) is 4.98 Å². The van der Waals surface area contributed by atoms with Gasteiger partial charge in [0.2, 0.25) is 0 Å². The molecule has 0 saturated heterocycles. The minimum Gasteiger partial charge on any atom is -0.478 e. The van der Waals surface area contributed by atoms with E-state index in [9.17, 15) is 4.79 Å². The predicted molar refractivity (Wildman–Crippen MR) is 60.6 cm³/mol. The predicted octanol–water partition coefficient (Wildman–Crippen LogP) is 2.41. The molecule has 2 N–H and O–H groups in total. The topological polar surface area (TPSA) is 62.3 Å². The van der Waals surface area contributed by atoms with Crippen LogP contribution in [0.3, 0.4) is 0 Å². The van der Waals surface area contributed by atoms with Gasteiger partial charge in [0.25, 0.3) is 0 Å². The smallest absolute Gasteiger partial charge is 0.347 e. The maximum Gasteiger partial charge on any atom is 0.347 e. The van der Waals surface area contributed by atoms with Gasteiger partial charge in [-0.25, -0.2) is 4.79 Å². The third kappa shape index (κ3) is 1.74. The van der Waals surface area contributed by atoms with E-state index in [-0.39, 0.29) is 0 Å². The van der Waals surface area contributed by atoms with E-state index in [0.717, 1.165) is 10.9 Å². The third-order valence-electron chi connectivity index (χ3n) is 2.44. The van der Waals surface area contributed by atoms with Crippen molar-refractivity contribution in [3.05, 3.63) is 30.5 Å². The number of aromatic nitrogens is 1. The van der Waals surface area contributed by atoms with Crippen LogP contribution in [0.15, 0.2) is 30.5 Å². The fourth-order valence-electron chi connectivity index (χ4n) is 1.46. The van der Waals surface area contributed by atoms with Crippen LogP contribution in [-0.2, 0) is 4.79 Å². The number of benzene rings is 1. The van der Waals surface area contributed by atoms with E-state index >= 15 is 0 Å². The molecule has 0 radical (unpaired) electrons. The minimum atomic E-state index is -1.23. The molecule has 2 aromatic rings. The SMILES string of the molecule is CC(C)(Oc1cccc2[nH]ccc12)C(=O)O. The lowest BCUT2D eigenvalue weighted by Crippen LogP contribution is -2.37. The average molecular weight is 219 g/mol. The molecule has 0 atom stereocenters. The quantitative estimate of drug-likeness (QED) is 0.833. The second-order valence-electron chi connectivity index (χ2n) is 4.11. The first-order chi connectivity index (χ1) is 7.50. The van der Waals surface area contributed by atoms with Crippen molar-refractivity contribution in [2.45, 2.75) is 19.4 Å². The number of carbonyl (C=O) groups is 1. The molecule has 4 nitrogen and oxygen atoms in total. The van der Waals surface area contributed by atoms with Crippen LogP contribution in [0, 0.1) is 0 Å². The highest BCUT2D eigenvalue weighted by atomic mass is 16.5. The average Bonchev–Trinajstić information content (AvgIpc) is 2.65. The highest BCUT2D eigenvalue weighted by molar-refractivity contribution is 5.86. The van der Waals surface area contributed by atoms with E-state index in [1.807, 2.05) is 18.2 Å². The lowest BCUT2D eigenvalue weighted by molar-refractivity contribution is -0.152. The zero-order chi connectivity index (χ0) is 11.8. The van der Waals surface area contributed by atoms with E-state index in [4.69, 9.17) is 9.84 Å². The summed E-state index contributed by atoms with van der Waals surface area (Å²) in [5.74, 6) is -0.411. The van der Waals surface area contributed by atoms with E-state index in [1.54, 1.807) is 12.3 Å². The Morgan fingerprint density at radius 2 is 2.12 bits per heavy atom. The standard InChI is InChI=1S/C12H13NO3/c1-12(2,11(14)15)16-10-5-3-4-9-8(10)6-7-13-9/h3-7,13H,1-2H3,(H,14,15). The van der Waals surface area contributed by atoms with Crippen LogP contribution in [0.2, 0.25) is 0 Å². The molecule has 0 aliphatic carbocycles. The number of H-pyrrole nitrogens is 1. The van der Waals surface area contributed by atoms with E-state index in [2.05, 4.69) is 4.98 Å². The highest BCUT2D eigenvalue weighted by Gasteiger charge is 2.29. The second kappa shape index (κ2) is 3.56. The number of ether oxygens (including phenoxy) is 1. The molecular formula is C12H13NO3. The van der Waals surface area contributed by atoms with Crippen molar-refractivity contribution in [2.75, 3.05) is 0 Å². The highest BCUT2D eigenvalue weighted by Crippen LogP contribution is 2.27. The van der Waals surface area contributed by atoms with Gasteiger partial charge in [-0.15, -0.1) is 0 Å². The number of aliphatic carboxylic acids is 1. The van der Waals surface area contributed by atoms with Crippen molar-refractivity contribution in [3.8, 4) is 5.75 Å². The summed E-state index contributed by atoms with van der Waals surface area (Å²) in [5, 5.41) is 9.88. The van der Waals surface area contributed by atoms with Crippen LogP contribution >= 0.6 is 0 Å². The first kappa shape index (κ1) is 10.5.